The van der Waals surface area contributed by atoms with Crippen molar-refractivity contribution >= 4 is 45.7 Å². The Morgan fingerprint density at radius 3 is 2.95 bits per heavy atom. The number of anilines is 1. The molecular weight excluding hydrogens is 382 g/mol. The van der Waals surface area contributed by atoms with E-state index in [4.69, 9.17) is 0 Å². The molecule has 1 saturated heterocycles. The second-order valence-electron chi connectivity index (χ2n) is 4.41. The Morgan fingerprint density at radius 2 is 2.32 bits per heavy atom. The van der Waals surface area contributed by atoms with Crippen molar-refractivity contribution in [3.63, 3.8) is 0 Å². The Morgan fingerprint density at radius 1 is 1.53 bits per heavy atom. The van der Waals surface area contributed by atoms with Crippen molar-refractivity contribution in [2.75, 3.05) is 17.6 Å². The zero-order valence-corrected chi connectivity index (χ0v) is 13.2. The van der Waals surface area contributed by atoms with Gasteiger partial charge in [0.25, 0.3) is 5.69 Å². The van der Waals surface area contributed by atoms with Crippen molar-refractivity contribution in [3.05, 3.63) is 31.6 Å². The number of benzene rings is 1. The van der Waals surface area contributed by atoms with Crippen molar-refractivity contribution in [2.24, 2.45) is 0 Å². The van der Waals surface area contributed by atoms with Crippen molar-refractivity contribution in [3.8, 4) is 0 Å². The van der Waals surface area contributed by atoms with Crippen LogP contribution in [0, 0.1) is 19.5 Å². The van der Waals surface area contributed by atoms with E-state index in [1.807, 2.05) is 11.8 Å². The summed E-state index contributed by atoms with van der Waals surface area (Å²) in [4.78, 5) is 10.5. The summed E-state index contributed by atoms with van der Waals surface area (Å²) in [5.41, 5.74) is 0.209. The largest absolute Gasteiger partial charge is 0.378 e. The smallest absolute Gasteiger partial charge is 0.293 e. The molecule has 0 aromatic heterocycles. The van der Waals surface area contributed by atoms with Gasteiger partial charge in [-0.1, -0.05) is 6.42 Å². The molecule has 0 amide bonds. The normalized spacial score (nSPS) is 19.2. The average Bonchev–Trinajstić information content (AvgIpc) is 2.40. The van der Waals surface area contributed by atoms with Crippen LogP contribution < -0.4 is 5.32 Å². The minimum absolute atomic E-state index is 0.0633. The van der Waals surface area contributed by atoms with Gasteiger partial charge in [0.2, 0.25) is 0 Å². The molecule has 1 heterocycles. The lowest BCUT2D eigenvalue weighted by Crippen LogP contribution is -2.20. The van der Waals surface area contributed by atoms with Crippen molar-refractivity contribution in [1.82, 2.24) is 0 Å². The highest BCUT2D eigenvalue weighted by molar-refractivity contribution is 14.1. The lowest BCUT2D eigenvalue weighted by Gasteiger charge is -2.21. The fourth-order valence-corrected chi connectivity index (χ4v) is 3.71. The van der Waals surface area contributed by atoms with E-state index in [1.165, 1.54) is 25.0 Å². The van der Waals surface area contributed by atoms with E-state index in [0.29, 0.717) is 11.8 Å². The van der Waals surface area contributed by atoms with Crippen molar-refractivity contribution < 1.29 is 9.31 Å². The molecular formula is C12H14FIN2O2S. The molecule has 4 nitrogen and oxygen atoms in total. The van der Waals surface area contributed by atoms with Crippen LogP contribution in [0.2, 0.25) is 0 Å². The third kappa shape index (κ3) is 3.95. The first kappa shape index (κ1) is 14.8. The summed E-state index contributed by atoms with van der Waals surface area (Å²) in [7, 11) is 0. The summed E-state index contributed by atoms with van der Waals surface area (Å²) in [6.07, 6.45) is 3.54. The van der Waals surface area contributed by atoms with Gasteiger partial charge in [0, 0.05) is 23.9 Å². The monoisotopic (exact) mass is 396 g/mol. The molecule has 1 aromatic carbocycles. The van der Waals surface area contributed by atoms with Gasteiger partial charge in [-0.15, -0.1) is 0 Å². The maximum absolute atomic E-state index is 13.5. The van der Waals surface area contributed by atoms with Crippen LogP contribution in [0.25, 0.3) is 0 Å². The lowest BCUT2D eigenvalue weighted by atomic mass is 10.2. The van der Waals surface area contributed by atoms with Gasteiger partial charge in [-0.3, -0.25) is 10.1 Å². The number of thioether (sulfide) groups is 1. The second-order valence-corrected chi connectivity index (χ2v) is 6.98. The summed E-state index contributed by atoms with van der Waals surface area (Å²) in [5, 5.41) is 14.5. The van der Waals surface area contributed by atoms with Gasteiger partial charge in [-0.25, -0.2) is 4.39 Å². The van der Waals surface area contributed by atoms with E-state index in [9.17, 15) is 14.5 Å². The Hall–Kier alpha value is -0.570. The summed E-state index contributed by atoms with van der Waals surface area (Å²) < 4.78 is 13.8. The maximum atomic E-state index is 13.5. The lowest BCUT2D eigenvalue weighted by molar-refractivity contribution is -0.384. The number of hydrogen-bond donors (Lipinski definition) is 1. The van der Waals surface area contributed by atoms with Crippen LogP contribution >= 0.6 is 34.4 Å². The second kappa shape index (κ2) is 6.74. The quantitative estimate of drug-likeness (QED) is 0.474. The van der Waals surface area contributed by atoms with Gasteiger partial charge in [0.05, 0.1) is 8.49 Å². The van der Waals surface area contributed by atoms with Gasteiger partial charge in [0.15, 0.2) is 0 Å². The Balaban J connectivity index is 2.09. The first-order chi connectivity index (χ1) is 9.08. The molecule has 1 aliphatic rings. The Labute approximate surface area is 128 Å². The van der Waals surface area contributed by atoms with E-state index in [0.717, 1.165) is 12.2 Å². The predicted molar refractivity (Wildman–Crippen MR) is 84.4 cm³/mol. The SMILES string of the molecule is O=[N+]([O-])c1cc(I)c(F)cc1NCC1CCCCS1. The first-order valence-corrected chi connectivity index (χ1v) is 8.19. The number of nitrogens with zero attached hydrogens (tertiary/aromatic N) is 1. The van der Waals surface area contributed by atoms with Crippen LogP contribution in [-0.2, 0) is 0 Å². The number of nitro groups is 1. The van der Waals surface area contributed by atoms with E-state index in [1.54, 1.807) is 22.6 Å². The van der Waals surface area contributed by atoms with Crippen molar-refractivity contribution in [2.45, 2.75) is 24.5 Å². The highest BCUT2D eigenvalue weighted by Gasteiger charge is 2.19. The van der Waals surface area contributed by atoms with E-state index in [2.05, 4.69) is 5.32 Å². The maximum Gasteiger partial charge on any atom is 0.293 e. The molecule has 104 valence electrons. The molecule has 1 aliphatic heterocycles. The third-order valence-corrected chi connectivity index (χ3v) is 5.25. The van der Waals surface area contributed by atoms with Gasteiger partial charge in [-0.05, 0) is 41.2 Å². The zero-order valence-electron chi connectivity index (χ0n) is 10.2. The number of rotatable bonds is 4. The van der Waals surface area contributed by atoms with Crippen LogP contribution in [-0.4, -0.2) is 22.5 Å². The molecule has 0 spiro atoms. The Kier molecular flexibility index (Phi) is 5.26. The zero-order chi connectivity index (χ0) is 13.8. The molecule has 2 rings (SSSR count). The number of nitro benzene ring substituents is 1. The van der Waals surface area contributed by atoms with Crippen LogP contribution in [0.15, 0.2) is 12.1 Å². The minimum Gasteiger partial charge on any atom is -0.378 e. The molecule has 0 bridgehead atoms. The van der Waals surface area contributed by atoms with Crippen LogP contribution in [0.1, 0.15) is 19.3 Å². The third-order valence-electron chi connectivity index (χ3n) is 3.03. The average molecular weight is 396 g/mol. The summed E-state index contributed by atoms with van der Waals surface area (Å²) in [6.45, 7) is 0.644. The van der Waals surface area contributed by atoms with Gasteiger partial charge >= 0.3 is 0 Å². The number of nitrogens with one attached hydrogen (secondary N) is 1. The fraction of sp³-hybridized carbons (Fsp3) is 0.500. The summed E-state index contributed by atoms with van der Waals surface area (Å²) in [6, 6.07) is 2.49. The Bertz CT molecular complexity index is 481. The molecule has 1 aromatic rings. The standard InChI is InChI=1S/C12H14FIN2O2S/c13-9-5-11(12(16(17)18)6-10(9)14)15-7-8-3-1-2-4-19-8/h5-6,8,15H,1-4,7H2. The summed E-state index contributed by atoms with van der Waals surface area (Å²) >= 11 is 3.64. The predicted octanol–water partition coefficient (Wildman–Crippen LogP) is 4.04. The van der Waals surface area contributed by atoms with E-state index in [-0.39, 0.29) is 14.9 Å². The topological polar surface area (TPSA) is 55.2 Å². The van der Waals surface area contributed by atoms with Gasteiger partial charge in [0.1, 0.15) is 11.5 Å². The molecule has 19 heavy (non-hydrogen) atoms. The highest BCUT2D eigenvalue weighted by atomic mass is 127. The van der Waals surface area contributed by atoms with E-state index < -0.39 is 10.7 Å². The first-order valence-electron chi connectivity index (χ1n) is 6.07. The highest BCUT2D eigenvalue weighted by Crippen LogP contribution is 2.30. The minimum atomic E-state index is -0.474. The molecule has 1 unspecified atom stereocenters. The molecule has 1 atom stereocenters. The van der Waals surface area contributed by atoms with Crippen LogP contribution in [0.3, 0.4) is 0 Å². The molecule has 0 saturated carbocycles. The molecule has 1 fully saturated rings. The molecule has 0 aliphatic carbocycles. The molecule has 0 radical (unpaired) electrons. The number of hydrogen-bond acceptors (Lipinski definition) is 4. The molecule has 7 heteroatoms. The number of halogens is 2. The summed E-state index contributed by atoms with van der Waals surface area (Å²) in [5.74, 6) is 0.708. The van der Waals surface area contributed by atoms with Gasteiger partial charge in [-0.2, -0.15) is 11.8 Å². The van der Waals surface area contributed by atoms with Crippen LogP contribution in [0.4, 0.5) is 15.8 Å². The molecule has 1 N–H and O–H groups in total. The van der Waals surface area contributed by atoms with Crippen molar-refractivity contribution in [1.29, 1.82) is 0 Å². The van der Waals surface area contributed by atoms with E-state index >= 15 is 0 Å². The van der Waals surface area contributed by atoms with Gasteiger partial charge < -0.3 is 5.32 Å². The van der Waals surface area contributed by atoms with Crippen LogP contribution in [0.5, 0.6) is 0 Å². The fourth-order valence-electron chi connectivity index (χ4n) is 2.02.